The summed E-state index contributed by atoms with van der Waals surface area (Å²) in [6.07, 6.45) is 11.8. The molecule has 0 N–H and O–H groups in total. The first-order valence-corrected chi connectivity index (χ1v) is 15.7. The molecule has 6 heteroatoms. The van der Waals surface area contributed by atoms with Crippen LogP contribution >= 0.6 is 0 Å². The largest absolute Gasteiger partial charge is 0.451 e. The van der Waals surface area contributed by atoms with Crippen LogP contribution < -0.4 is 0 Å². The van der Waals surface area contributed by atoms with E-state index in [1.165, 1.54) is 0 Å². The second-order valence-corrected chi connectivity index (χ2v) is 11.7. The normalized spacial score (nSPS) is 17.8. The number of aryl methyl sites for hydroxylation is 2. The lowest BCUT2D eigenvalue weighted by molar-refractivity contribution is -0.156. The Labute approximate surface area is 249 Å². The molecular weight excluding hydrogens is 528 g/mol. The van der Waals surface area contributed by atoms with Crippen LogP contribution in [0.2, 0.25) is 0 Å². The molecular formula is C36H44O6. The average molecular weight is 573 g/mol. The van der Waals surface area contributed by atoms with Gasteiger partial charge in [0.15, 0.2) is 23.8 Å². The SMILES string of the molecule is O=C(/C=C/C(=O)OC(C(=O)CCc1ccccc1)C1CCCCC1)OC(C(=O)CCc1ccccc1)C1CCCCC1. The minimum atomic E-state index is -0.822. The van der Waals surface area contributed by atoms with E-state index in [1.807, 2.05) is 60.7 Å². The summed E-state index contributed by atoms with van der Waals surface area (Å²) in [7, 11) is 0. The maximum atomic E-state index is 13.2. The molecule has 2 aromatic carbocycles. The molecule has 0 aromatic heterocycles. The lowest BCUT2D eigenvalue weighted by atomic mass is 9.82. The Bertz CT molecular complexity index is 1080. The van der Waals surface area contributed by atoms with E-state index in [0.717, 1.165) is 87.5 Å². The molecule has 0 aliphatic heterocycles. The molecule has 0 saturated heterocycles. The van der Waals surface area contributed by atoms with E-state index in [4.69, 9.17) is 9.47 Å². The molecule has 2 fully saturated rings. The Morgan fingerprint density at radius 1 is 0.571 bits per heavy atom. The van der Waals surface area contributed by atoms with Gasteiger partial charge in [-0.25, -0.2) is 9.59 Å². The second kappa shape index (κ2) is 16.8. The van der Waals surface area contributed by atoms with E-state index in [0.29, 0.717) is 25.7 Å². The number of carbonyl (C=O) groups is 4. The fraction of sp³-hybridized carbons (Fsp3) is 0.500. The zero-order chi connectivity index (χ0) is 29.6. The number of hydrogen-bond donors (Lipinski definition) is 0. The molecule has 0 radical (unpaired) electrons. The molecule has 2 aromatic rings. The van der Waals surface area contributed by atoms with Crippen molar-refractivity contribution in [2.45, 2.75) is 102 Å². The van der Waals surface area contributed by atoms with Crippen molar-refractivity contribution in [3.63, 3.8) is 0 Å². The summed E-state index contributed by atoms with van der Waals surface area (Å²) >= 11 is 0. The zero-order valence-corrected chi connectivity index (χ0v) is 24.6. The molecule has 2 aliphatic carbocycles. The second-order valence-electron chi connectivity index (χ2n) is 11.7. The highest BCUT2D eigenvalue weighted by atomic mass is 16.6. The van der Waals surface area contributed by atoms with E-state index >= 15 is 0 Å². The lowest BCUT2D eigenvalue weighted by Crippen LogP contribution is -2.36. The van der Waals surface area contributed by atoms with E-state index in [9.17, 15) is 19.2 Å². The molecule has 224 valence electrons. The van der Waals surface area contributed by atoms with E-state index in [-0.39, 0.29) is 23.4 Å². The molecule has 0 amide bonds. The molecule has 2 aliphatic rings. The Hall–Kier alpha value is -3.54. The third-order valence-corrected chi connectivity index (χ3v) is 8.64. The van der Waals surface area contributed by atoms with Gasteiger partial charge in [-0.2, -0.15) is 0 Å². The highest BCUT2D eigenvalue weighted by molar-refractivity contribution is 5.95. The van der Waals surface area contributed by atoms with Crippen molar-refractivity contribution >= 4 is 23.5 Å². The van der Waals surface area contributed by atoms with Gasteiger partial charge < -0.3 is 9.47 Å². The first kappa shape index (κ1) is 31.4. The minimum absolute atomic E-state index is 0.00996. The number of benzene rings is 2. The Kier molecular flexibility index (Phi) is 12.6. The number of ether oxygens (including phenoxy) is 2. The Morgan fingerprint density at radius 3 is 1.29 bits per heavy atom. The van der Waals surface area contributed by atoms with Gasteiger partial charge in [0, 0.05) is 36.8 Å². The first-order valence-electron chi connectivity index (χ1n) is 15.7. The van der Waals surface area contributed by atoms with Crippen molar-refractivity contribution in [3.8, 4) is 0 Å². The van der Waals surface area contributed by atoms with E-state index < -0.39 is 24.1 Å². The van der Waals surface area contributed by atoms with Crippen molar-refractivity contribution in [1.29, 1.82) is 0 Å². The highest BCUT2D eigenvalue weighted by Gasteiger charge is 2.33. The smallest absolute Gasteiger partial charge is 0.331 e. The quantitative estimate of drug-likeness (QED) is 0.180. The number of hydrogen-bond acceptors (Lipinski definition) is 6. The maximum Gasteiger partial charge on any atom is 0.331 e. The van der Waals surface area contributed by atoms with Gasteiger partial charge in [0.25, 0.3) is 0 Å². The Morgan fingerprint density at radius 2 is 0.929 bits per heavy atom. The van der Waals surface area contributed by atoms with Gasteiger partial charge in [0.05, 0.1) is 0 Å². The number of carbonyl (C=O) groups excluding carboxylic acids is 4. The molecule has 6 nitrogen and oxygen atoms in total. The predicted molar refractivity (Wildman–Crippen MR) is 162 cm³/mol. The van der Waals surface area contributed by atoms with Gasteiger partial charge in [-0.3, -0.25) is 9.59 Å². The van der Waals surface area contributed by atoms with Crippen LogP contribution in [0.1, 0.15) is 88.2 Å². The summed E-state index contributed by atoms with van der Waals surface area (Å²) in [5.41, 5.74) is 2.13. The third kappa shape index (κ3) is 10.1. The number of rotatable bonds is 14. The topological polar surface area (TPSA) is 86.7 Å². The van der Waals surface area contributed by atoms with Gasteiger partial charge in [-0.15, -0.1) is 0 Å². The summed E-state index contributed by atoms with van der Waals surface area (Å²) in [5, 5.41) is 0. The van der Waals surface area contributed by atoms with Gasteiger partial charge in [-0.1, -0.05) is 99.2 Å². The van der Waals surface area contributed by atoms with Crippen molar-refractivity contribution in [2.24, 2.45) is 11.8 Å². The van der Waals surface area contributed by atoms with E-state index in [1.54, 1.807) is 0 Å². The molecule has 42 heavy (non-hydrogen) atoms. The van der Waals surface area contributed by atoms with Crippen LogP contribution in [0.15, 0.2) is 72.8 Å². The standard InChI is InChI=1S/C36H44O6/c37-31(23-21-27-13-5-1-6-14-27)35(29-17-9-3-10-18-29)41-33(39)25-26-34(40)42-36(30-19-11-4-12-20-30)32(38)24-22-28-15-7-2-8-16-28/h1-2,5-8,13-16,25-26,29-30,35-36H,3-4,9-12,17-24H2/b26-25+. The van der Waals surface area contributed by atoms with Crippen molar-refractivity contribution in [1.82, 2.24) is 0 Å². The van der Waals surface area contributed by atoms with Gasteiger partial charge >= 0.3 is 11.9 Å². The molecule has 2 atom stereocenters. The summed E-state index contributed by atoms with van der Waals surface area (Å²) in [6, 6.07) is 19.6. The van der Waals surface area contributed by atoms with Crippen molar-refractivity contribution in [3.05, 3.63) is 83.9 Å². The van der Waals surface area contributed by atoms with Gasteiger partial charge in [0.1, 0.15) is 0 Å². The fourth-order valence-electron chi connectivity index (χ4n) is 6.30. The third-order valence-electron chi connectivity index (χ3n) is 8.64. The van der Waals surface area contributed by atoms with Crippen LogP contribution in [-0.4, -0.2) is 35.7 Å². The van der Waals surface area contributed by atoms with Crippen LogP contribution in [0.25, 0.3) is 0 Å². The molecule has 4 rings (SSSR count). The number of ketones is 2. The summed E-state index contributed by atoms with van der Waals surface area (Å²) < 4.78 is 11.4. The van der Waals surface area contributed by atoms with Gasteiger partial charge in [0.2, 0.25) is 0 Å². The van der Waals surface area contributed by atoms with Gasteiger partial charge in [-0.05, 0) is 49.7 Å². The van der Waals surface area contributed by atoms with Crippen LogP contribution in [-0.2, 0) is 41.5 Å². The Balaban J connectivity index is 1.35. The first-order chi connectivity index (χ1) is 20.5. The molecule has 2 saturated carbocycles. The summed E-state index contributed by atoms with van der Waals surface area (Å²) in [6.45, 7) is 0. The van der Waals surface area contributed by atoms with Crippen LogP contribution in [0.3, 0.4) is 0 Å². The molecule has 0 heterocycles. The fourth-order valence-corrected chi connectivity index (χ4v) is 6.30. The molecule has 0 bridgehead atoms. The van der Waals surface area contributed by atoms with Crippen LogP contribution in [0, 0.1) is 11.8 Å². The minimum Gasteiger partial charge on any atom is -0.451 e. The highest BCUT2D eigenvalue weighted by Crippen LogP contribution is 2.31. The molecule has 0 spiro atoms. The maximum absolute atomic E-state index is 13.2. The molecule has 2 unspecified atom stereocenters. The van der Waals surface area contributed by atoms with Crippen LogP contribution in [0.5, 0.6) is 0 Å². The predicted octanol–water partition coefficient (Wildman–Crippen LogP) is 6.93. The number of Topliss-reactive ketones (excluding diaryl/α,β-unsaturated/α-hetero) is 2. The zero-order valence-electron chi connectivity index (χ0n) is 24.6. The van der Waals surface area contributed by atoms with Crippen molar-refractivity contribution < 1.29 is 28.7 Å². The average Bonchev–Trinajstić information content (AvgIpc) is 3.04. The lowest BCUT2D eigenvalue weighted by Gasteiger charge is -2.29. The summed E-state index contributed by atoms with van der Waals surface area (Å²) in [5.74, 6) is -1.66. The summed E-state index contributed by atoms with van der Waals surface area (Å²) in [4.78, 5) is 52.1. The van der Waals surface area contributed by atoms with E-state index in [2.05, 4.69) is 0 Å². The monoisotopic (exact) mass is 572 g/mol. The van der Waals surface area contributed by atoms with Crippen molar-refractivity contribution in [2.75, 3.05) is 0 Å². The van der Waals surface area contributed by atoms with Crippen LogP contribution in [0.4, 0.5) is 0 Å². The number of esters is 2.